The van der Waals surface area contributed by atoms with Crippen LogP contribution in [0.3, 0.4) is 0 Å². The summed E-state index contributed by atoms with van der Waals surface area (Å²) in [4.78, 5) is 18.1. The number of carbonyl (C=O) groups excluding carboxylic acids is 1. The van der Waals surface area contributed by atoms with E-state index in [0.29, 0.717) is 61.5 Å². The zero-order valence-electron chi connectivity index (χ0n) is 22.9. The van der Waals surface area contributed by atoms with Gasteiger partial charge in [0, 0.05) is 31.2 Å². The van der Waals surface area contributed by atoms with Crippen molar-refractivity contribution in [1.82, 2.24) is 14.6 Å². The SMILES string of the molecule is N#Cc1ccccc1-c1ccc(C(=O)NC[C@H]2CCCCN2S(=O)(=O)CCCN)c(NCCc2cccc(F)c2)n1. The zero-order chi connectivity index (χ0) is 29.2. The molecule has 4 N–H and O–H groups in total. The largest absolute Gasteiger partial charge is 0.369 e. The van der Waals surface area contributed by atoms with E-state index in [-0.39, 0.29) is 29.7 Å². The van der Waals surface area contributed by atoms with Gasteiger partial charge in [-0.15, -0.1) is 0 Å². The first-order valence-corrected chi connectivity index (χ1v) is 15.4. The Morgan fingerprint density at radius 3 is 2.76 bits per heavy atom. The molecule has 0 aliphatic carbocycles. The molecule has 0 saturated carbocycles. The Kier molecular flexibility index (Phi) is 10.4. The minimum Gasteiger partial charge on any atom is -0.369 e. The van der Waals surface area contributed by atoms with Crippen LogP contribution in [0.15, 0.2) is 60.7 Å². The second-order valence-corrected chi connectivity index (χ2v) is 12.0. The summed E-state index contributed by atoms with van der Waals surface area (Å²) >= 11 is 0. The van der Waals surface area contributed by atoms with Crippen LogP contribution in [0.2, 0.25) is 0 Å². The molecule has 0 radical (unpaired) electrons. The molecule has 1 saturated heterocycles. The summed E-state index contributed by atoms with van der Waals surface area (Å²) in [5.41, 5.74) is 8.23. The number of hydrogen-bond acceptors (Lipinski definition) is 7. The lowest BCUT2D eigenvalue weighted by Gasteiger charge is -2.34. The topological polar surface area (TPSA) is 141 Å². The Hall–Kier alpha value is -3.85. The number of hydrogen-bond donors (Lipinski definition) is 3. The summed E-state index contributed by atoms with van der Waals surface area (Å²) < 4.78 is 40.9. The van der Waals surface area contributed by atoms with Crippen molar-refractivity contribution in [2.45, 2.75) is 38.1 Å². The van der Waals surface area contributed by atoms with Crippen LogP contribution in [-0.4, -0.2) is 61.6 Å². The van der Waals surface area contributed by atoms with Crippen molar-refractivity contribution in [2.24, 2.45) is 5.73 Å². The molecule has 9 nitrogen and oxygen atoms in total. The third-order valence-electron chi connectivity index (χ3n) is 7.09. The Labute approximate surface area is 240 Å². The van der Waals surface area contributed by atoms with Crippen LogP contribution in [-0.2, 0) is 16.4 Å². The third kappa shape index (κ3) is 7.88. The number of piperidine rings is 1. The molecule has 1 amide bonds. The second kappa shape index (κ2) is 14.2. The minimum atomic E-state index is -3.48. The summed E-state index contributed by atoms with van der Waals surface area (Å²) in [6.45, 7) is 1.28. The molecule has 0 unspecified atom stereocenters. The number of nitrogens with one attached hydrogen (secondary N) is 2. The highest BCUT2D eigenvalue weighted by Gasteiger charge is 2.32. The first kappa shape index (κ1) is 30.1. The van der Waals surface area contributed by atoms with Gasteiger partial charge in [-0.25, -0.2) is 17.8 Å². The molecular weight excluding hydrogens is 543 g/mol. The Morgan fingerprint density at radius 1 is 1.15 bits per heavy atom. The first-order valence-electron chi connectivity index (χ1n) is 13.8. The average Bonchev–Trinajstić information content (AvgIpc) is 2.99. The van der Waals surface area contributed by atoms with Gasteiger partial charge in [-0.2, -0.15) is 9.57 Å². The van der Waals surface area contributed by atoms with Crippen molar-refractivity contribution in [1.29, 1.82) is 5.26 Å². The first-order chi connectivity index (χ1) is 19.8. The summed E-state index contributed by atoms with van der Waals surface area (Å²) in [7, 11) is -3.48. The van der Waals surface area contributed by atoms with Crippen LogP contribution in [0.5, 0.6) is 0 Å². The van der Waals surface area contributed by atoms with E-state index < -0.39 is 15.9 Å². The van der Waals surface area contributed by atoms with Crippen molar-refractivity contribution in [2.75, 3.05) is 37.2 Å². The molecule has 0 bridgehead atoms. The summed E-state index contributed by atoms with van der Waals surface area (Å²) in [5, 5.41) is 15.7. The highest BCUT2D eigenvalue weighted by atomic mass is 32.2. The van der Waals surface area contributed by atoms with Crippen molar-refractivity contribution in [3.8, 4) is 17.3 Å². The fourth-order valence-corrected chi connectivity index (χ4v) is 6.79. The zero-order valence-corrected chi connectivity index (χ0v) is 23.7. The normalized spacial score (nSPS) is 15.7. The monoisotopic (exact) mass is 578 g/mol. The quantitative estimate of drug-likeness (QED) is 0.298. The number of carbonyl (C=O) groups is 1. The van der Waals surface area contributed by atoms with Crippen molar-refractivity contribution in [3.05, 3.63) is 83.2 Å². The fraction of sp³-hybridized carbons (Fsp3) is 0.367. The number of aromatic nitrogens is 1. The molecule has 3 aromatic rings. The van der Waals surface area contributed by atoms with E-state index in [1.54, 1.807) is 36.4 Å². The fourth-order valence-electron chi connectivity index (χ4n) is 4.98. The number of halogens is 1. The number of rotatable bonds is 12. The molecule has 1 atom stereocenters. The van der Waals surface area contributed by atoms with Gasteiger partial charge in [-0.05, 0) is 68.1 Å². The number of anilines is 1. The molecule has 1 aliphatic heterocycles. The minimum absolute atomic E-state index is 0.0110. The van der Waals surface area contributed by atoms with E-state index in [1.807, 2.05) is 12.1 Å². The standard InChI is InChI=1S/C30H35FN6O3S/c31-24-9-5-7-22(19-24)14-16-34-29-27(12-13-28(36-29)26-11-2-1-8-23(26)20-33)30(38)35-21-25-10-3-4-17-37(25)41(39,40)18-6-15-32/h1-2,5,7-9,11-13,19,25H,3-4,6,10,14-18,21,32H2,(H,34,36)(H,35,38)/t25-/m1/s1. The molecular formula is C30H35FN6O3S. The maximum absolute atomic E-state index is 13.6. The van der Waals surface area contributed by atoms with Gasteiger partial charge in [0.05, 0.1) is 28.6 Å². The maximum atomic E-state index is 13.6. The van der Waals surface area contributed by atoms with Gasteiger partial charge in [0.25, 0.3) is 5.91 Å². The van der Waals surface area contributed by atoms with Crippen LogP contribution < -0.4 is 16.4 Å². The van der Waals surface area contributed by atoms with Crippen molar-refractivity contribution < 1.29 is 17.6 Å². The molecule has 0 spiro atoms. The Balaban J connectivity index is 1.54. The van der Waals surface area contributed by atoms with Gasteiger partial charge in [0.2, 0.25) is 10.0 Å². The van der Waals surface area contributed by atoms with Gasteiger partial charge in [0.1, 0.15) is 11.6 Å². The van der Waals surface area contributed by atoms with Gasteiger partial charge in [-0.1, -0.05) is 36.8 Å². The number of benzene rings is 2. The van der Waals surface area contributed by atoms with Gasteiger partial charge in [-0.3, -0.25) is 4.79 Å². The van der Waals surface area contributed by atoms with Crippen LogP contribution in [0, 0.1) is 17.1 Å². The van der Waals surface area contributed by atoms with Gasteiger partial charge in [0.15, 0.2) is 0 Å². The highest BCUT2D eigenvalue weighted by Crippen LogP contribution is 2.26. The smallest absolute Gasteiger partial charge is 0.255 e. The molecule has 4 rings (SSSR count). The number of nitriles is 1. The molecule has 1 fully saturated rings. The lowest BCUT2D eigenvalue weighted by Crippen LogP contribution is -2.50. The lowest BCUT2D eigenvalue weighted by atomic mass is 10.0. The summed E-state index contributed by atoms with van der Waals surface area (Å²) in [5.74, 6) is -0.406. The number of sulfonamides is 1. The van der Waals surface area contributed by atoms with Crippen LogP contribution in [0.1, 0.15) is 47.2 Å². The second-order valence-electron chi connectivity index (χ2n) is 9.99. The molecule has 1 aromatic heterocycles. The average molecular weight is 579 g/mol. The molecule has 216 valence electrons. The summed E-state index contributed by atoms with van der Waals surface area (Å²) in [6.07, 6.45) is 3.20. The number of amides is 1. The third-order valence-corrected chi connectivity index (χ3v) is 9.09. The number of pyridine rings is 1. The predicted octanol–water partition coefficient (Wildman–Crippen LogP) is 3.68. The van der Waals surface area contributed by atoms with Gasteiger partial charge < -0.3 is 16.4 Å². The van der Waals surface area contributed by atoms with E-state index in [9.17, 15) is 22.9 Å². The van der Waals surface area contributed by atoms with Crippen LogP contribution >= 0.6 is 0 Å². The lowest BCUT2D eigenvalue weighted by molar-refractivity contribution is 0.0940. The molecule has 2 aromatic carbocycles. The number of nitrogens with zero attached hydrogens (tertiary/aromatic N) is 3. The Morgan fingerprint density at radius 2 is 1.98 bits per heavy atom. The highest BCUT2D eigenvalue weighted by molar-refractivity contribution is 7.89. The van der Waals surface area contributed by atoms with Crippen molar-refractivity contribution in [3.63, 3.8) is 0 Å². The maximum Gasteiger partial charge on any atom is 0.255 e. The number of nitrogens with two attached hydrogens (primary N) is 1. The van der Waals surface area contributed by atoms with E-state index in [0.717, 1.165) is 18.4 Å². The van der Waals surface area contributed by atoms with Crippen molar-refractivity contribution >= 4 is 21.7 Å². The van der Waals surface area contributed by atoms with E-state index >= 15 is 0 Å². The van der Waals surface area contributed by atoms with Gasteiger partial charge >= 0.3 is 0 Å². The molecule has 1 aliphatic rings. The molecule has 41 heavy (non-hydrogen) atoms. The summed E-state index contributed by atoms with van der Waals surface area (Å²) in [6, 6.07) is 18.5. The van der Waals surface area contributed by atoms with Crippen LogP contribution in [0.25, 0.3) is 11.3 Å². The molecule has 11 heteroatoms. The molecule has 2 heterocycles. The predicted molar refractivity (Wildman–Crippen MR) is 157 cm³/mol. The van der Waals surface area contributed by atoms with E-state index in [2.05, 4.69) is 21.7 Å². The van der Waals surface area contributed by atoms with E-state index in [1.165, 1.54) is 16.4 Å². The van der Waals surface area contributed by atoms with E-state index in [4.69, 9.17) is 5.73 Å². The Bertz CT molecular complexity index is 1510. The van der Waals surface area contributed by atoms with Crippen LogP contribution in [0.4, 0.5) is 10.2 Å².